The maximum absolute atomic E-state index is 13.1. The number of hydrogen-bond donors (Lipinski definition) is 1. The van der Waals surface area contributed by atoms with Crippen LogP contribution in [0.25, 0.3) is 0 Å². The number of rotatable bonds is 4. The summed E-state index contributed by atoms with van der Waals surface area (Å²) in [6.07, 6.45) is 4.55. The van der Waals surface area contributed by atoms with Gasteiger partial charge in [-0.05, 0) is 44.2 Å². The van der Waals surface area contributed by atoms with Crippen molar-refractivity contribution in [3.8, 4) is 0 Å². The number of hydrogen-bond acceptors (Lipinski definition) is 3. The van der Waals surface area contributed by atoms with E-state index in [-0.39, 0.29) is 11.8 Å². The first-order valence-corrected chi connectivity index (χ1v) is 9.09. The second kappa shape index (κ2) is 6.11. The number of nitrogens with zero attached hydrogens (tertiary/aromatic N) is 2. The first-order valence-electron chi connectivity index (χ1n) is 9.09. The van der Waals surface area contributed by atoms with E-state index in [1.807, 2.05) is 40.1 Å². The highest BCUT2D eigenvalue weighted by Crippen LogP contribution is 2.35. The van der Waals surface area contributed by atoms with Gasteiger partial charge < -0.3 is 15.1 Å². The lowest BCUT2D eigenvalue weighted by Crippen LogP contribution is -2.62. The molecule has 128 valence electrons. The monoisotopic (exact) mass is 327 g/mol. The molecule has 5 nitrogen and oxygen atoms in total. The van der Waals surface area contributed by atoms with E-state index >= 15 is 0 Å². The van der Waals surface area contributed by atoms with Gasteiger partial charge in [0.15, 0.2) is 0 Å². The van der Waals surface area contributed by atoms with Gasteiger partial charge in [0.05, 0.1) is 0 Å². The third-order valence-electron chi connectivity index (χ3n) is 5.57. The smallest absolute Gasteiger partial charge is 0.248 e. The van der Waals surface area contributed by atoms with E-state index < -0.39 is 5.54 Å². The van der Waals surface area contributed by atoms with Crippen LogP contribution in [0.3, 0.4) is 0 Å². The van der Waals surface area contributed by atoms with E-state index in [9.17, 15) is 9.59 Å². The molecule has 1 saturated carbocycles. The topological polar surface area (TPSA) is 52.7 Å². The van der Waals surface area contributed by atoms with Gasteiger partial charge in [0.25, 0.3) is 0 Å². The fourth-order valence-electron chi connectivity index (χ4n) is 3.71. The van der Waals surface area contributed by atoms with E-state index in [0.29, 0.717) is 31.8 Å². The van der Waals surface area contributed by atoms with E-state index in [4.69, 9.17) is 0 Å². The average molecular weight is 327 g/mol. The van der Waals surface area contributed by atoms with Crippen molar-refractivity contribution in [2.75, 3.05) is 31.5 Å². The molecule has 0 spiro atoms. The molecule has 0 aromatic heterocycles. The minimum Gasteiger partial charge on any atom is -0.371 e. The van der Waals surface area contributed by atoms with Crippen LogP contribution < -0.4 is 5.32 Å². The third-order valence-corrected chi connectivity index (χ3v) is 5.57. The number of para-hydroxylation sites is 1. The Bertz CT molecular complexity index is 615. The van der Waals surface area contributed by atoms with E-state index in [1.54, 1.807) is 0 Å². The summed E-state index contributed by atoms with van der Waals surface area (Å²) < 4.78 is 0. The van der Waals surface area contributed by atoms with Crippen LogP contribution in [0.4, 0.5) is 5.69 Å². The number of amides is 2. The first-order chi connectivity index (χ1) is 11.7. The minimum atomic E-state index is -0.567. The molecule has 2 heterocycles. The molecule has 0 unspecified atom stereocenters. The third kappa shape index (κ3) is 2.87. The van der Waals surface area contributed by atoms with Gasteiger partial charge in [-0.3, -0.25) is 9.59 Å². The Morgan fingerprint density at radius 1 is 0.958 bits per heavy atom. The standard InChI is InChI=1S/C19H25N3O2/c23-17(15-7-8-15)21-13-9-19(10-14-21,18(24)22-11-4-12-22)20-16-5-2-1-3-6-16/h1-3,5-6,15,20H,4,7-14H2. The molecule has 0 atom stereocenters. The maximum atomic E-state index is 13.1. The van der Waals surface area contributed by atoms with Gasteiger partial charge in [0, 0.05) is 37.8 Å². The van der Waals surface area contributed by atoms with Crippen molar-refractivity contribution in [2.45, 2.75) is 37.6 Å². The second-order valence-electron chi connectivity index (χ2n) is 7.32. The molecule has 1 aromatic rings. The van der Waals surface area contributed by atoms with E-state index in [0.717, 1.165) is 38.0 Å². The number of benzene rings is 1. The van der Waals surface area contributed by atoms with Crippen molar-refractivity contribution in [1.82, 2.24) is 9.80 Å². The molecule has 5 heteroatoms. The Morgan fingerprint density at radius 3 is 2.17 bits per heavy atom. The van der Waals surface area contributed by atoms with Crippen LogP contribution in [0.15, 0.2) is 30.3 Å². The van der Waals surface area contributed by atoms with Crippen LogP contribution >= 0.6 is 0 Å². The molecule has 1 N–H and O–H groups in total. The van der Waals surface area contributed by atoms with Gasteiger partial charge in [0.1, 0.15) is 5.54 Å². The van der Waals surface area contributed by atoms with Crippen molar-refractivity contribution in [2.24, 2.45) is 5.92 Å². The Balaban J connectivity index is 1.50. The van der Waals surface area contributed by atoms with E-state index in [1.165, 1.54) is 0 Å². The summed E-state index contributed by atoms with van der Waals surface area (Å²) in [5, 5.41) is 3.52. The minimum absolute atomic E-state index is 0.205. The van der Waals surface area contributed by atoms with Gasteiger partial charge in [-0.1, -0.05) is 18.2 Å². The number of likely N-dealkylation sites (tertiary alicyclic amines) is 2. The molecule has 0 bridgehead atoms. The molecular weight excluding hydrogens is 302 g/mol. The maximum Gasteiger partial charge on any atom is 0.248 e. The summed E-state index contributed by atoms with van der Waals surface area (Å²) >= 11 is 0. The quantitative estimate of drug-likeness (QED) is 0.921. The molecule has 2 amide bonds. The van der Waals surface area contributed by atoms with Crippen molar-refractivity contribution in [1.29, 1.82) is 0 Å². The van der Waals surface area contributed by atoms with Crippen LogP contribution in [0, 0.1) is 5.92 Å². The number of piperidine rings is 1. The molecule has 2 saturated heterocycles. The van der Waals surface area contributed by atoms with Crippen molar-refractivity contribution < 1.29 is 9.59 Å². The highest BCUT2D eigenvalue weighted by atomic mass is 16.2. The predicted molar refractivity (Wildman–Crippen MR) is 92.5 cm³/mol. The number of anilines is 1. The van der Waals surface area contributed by atoms with Crippen molar-refractivity contribution in [3.05, 3.63) is 30.3 Å². The van der Waals surface area contributed by atoms with Crippen LogP contribution in [-0.2, 0) is 9.59 Å². The van der Waals surface area contributed by atoms with E-state index in [2.05, 4.69) is 5.32 Å². The summed E-state index contributed by atoms with van der Waals surface area (Å²) in [5.74, 6) is 0.751. The zero-order valence-corrected chi connectivity index (χ0v) is 14.0. The first kappa shape index (κ1) is 15.5. The van der Waals surface area contributed by atoms with Gasteiger partial charge in [0.2, 0.25) is 11.8 Å². The Kier molecular flexibility index (Phi) is 3.94. The Hall–Kier alpha value is -2.04. The van der Waals surface area contributed by atoms with Gasteiger partial charge in [-0.15, -0.1) is 0 Å². The van der Waals surface area contributed by atoms with Crippen molar-refractivity contribution in [3.63, 3.8) is 0 Å². The zero-order chi connectivity index (χ0) is 16.6. The lowest BCUT2D eigenvalue weighted by molar-refractivity contribution is -0.144. The number of carbonyl (C=O) groups is 2. The van der Waals surface area contributed by atoms with Crippen LogP contribution in [0.2, 0.25) is 0 Å². The molecular formula is C19H25N3O2. The van der Waals surface area contributed by atoms with Crippen LogP contribution in [0.5, 0.6) is 0 Å². The average Bonchev–Trinajstić information content (AvgIpc) is 3.39. The SMILES string of the molecule is O=C(C1CC1)N1CCC(Nc2ccccc2)(C(=O)N2CCC2)CC1. The highest BCUT2D eigenvalue weighted by molar-refractivity contribution is 5.91. The summed E-state index contributed by atoms with van der Waals surface area (Å²) in [7, 11) is 0. The Labute approximate surface area is 143 Å². The molecule has 3 fully saturated rings. The largest absolute Gasteiger partial charge is 0.371 e. The summed E-state index contributed by atoms with van der Waals surface area (Å²) in [6, 6.07) is 9.96. The molecule has 4 rings (SSSR count). The normalized spacial score (nSPS) is 22.7. The fraction of sp³-hybridized carbons (Fsp3) is 0.579. The lowest BCUT2D eigenvalue weighted by atomic mass is 9.84. The second-order valence-corrected chi connectivity index (χ2v) is 7.32. The number of nitrogens with one attached hydrogen (secondary N) is 1. The zero-order valence-electron chi connectivity index (χ0n) is 14.0. The number of carbonyl (C=O) groups excluding carboxylic acids is 2. The molecule has 3 aliphatic rings. The predicted octanol–water partition coefficient (Wildman–Crippen LogP) is 2.10. The van der Waals surface area contributed by atoms with Gasteiger partial charge in [-0.2, -0.15) is 0 Å². The summed E-state index contributed by atoms with van der Waals surface area (Å²) in [4.78, 5) is 29.3. The molecule has 1 aromatic carbocycles. The summed E-state index contributed by atoms with van der Waals surface area (Å²) in [6.45, 7) is 3.08. The van der Waals surface area contributed by atoms with Gasteiger partial charge in [-0.25, -0.2) is 0 Å². The molecule has 1 aliphatic carbocycles. The highest BCUT2D eigenvalue weighted by Gasteiger charge is 2.46. The fourth-order valence-corrected chi connectivity index (χ4v) is 3.71. The molecule has 0 radical (unpaired) electrons. The van der Waals surface area contributed by atoms with Crippen molar-refractivity contribution >= 4 is 17.5 Å². The summed E-state index contributed by atoms with van der Waals surface area (Å²) in [5.41, 5.74) is 0.413. The molecule has 24 heavy (non-hydrogen) atoms. The van der Waals surface area contributed by atoms with Crippen LogP contribution in [0.1, 0.15) is 32.1 Å². The Morgan fingerprint density at radius 2 is 1.62 bits per heavy atom. The lowest BCUT2D eigenvalue weighted by Gasteiger charge is -2.46. The van der Waals surface area contributed by atoms with Crippen LogP contribution in [-0.4, -0.2) is 53.3 Å². The molecule has 2 aliphatic heterocycles. The van der Waals surface area contributed by atoms with Gasteiger partial charge >= 0.3 is 0 Å².